The molecule has 0 fully saturated rings. The third-order valence-corrected chi connectivity index (χ3v) is 6.45. The molecule has 0 N–H and O–H groups in total. The first-order chi connectivity index (χ1) is 20.7. The van der Waals surface area contributed by atoms with Gasteiger partial charge in [-0.05, 0) is 48.5 Å². The van der Waals surface area contributed by atoms with Crippen molar-refractivity contribution in [1.82, 2.24) is 0 Å². The van der Waals surface area contributed by atoms with E-state index >= 15 is 0 Å². The van der Waals surface area contributed by atoms with Gasteiger partial charge in [-0.1, -0.05) is 48.5 Å². The van der Waals surface area contributed by atoms with Crippen molar-refractivity contribution in [2.24, 2.45) is 0 Å². The van der Waals surface area contributed by atoms with Gasteiger partial charge in [-0.15, -0.1) is 52.7 Å². The summed E-state index contributed by atoms with van der Waals surface area (Å²) in [7, 11) is 0. The van der Waals surface area contributed by atoms with Gasteiger partial charge in [0.1, 0.15) is 29.1 Å². The summed E-state index contributed by atoms with van der Waals surface area (Å²) in [6.07, 6.45) is -23.0. The average Bonchev–Trinajstić information content (AvgIpc) is 2.89. The summed E-state index contributed by atoms with van der Waals surface area (Å²) < 4.78 is 170. The minimum atomic E-state index is -5.07. The van der Waals surface area contributed by atoms with Crippen LogP contribution in [0.15, 0.2) is 97.1 Å². The molecule has 0 radical (unpaired) electrons. The van der Waals surface area contributed by atoms with Gasteiger partial charge in [-0.2, -0.15) is 21.9 Å². The molecule has 240 valence electrons. The van der Waals surface area contributed by atoms with E-state index in [-0.39, 0.29) is 51.4 Å². The first kappa shape index (κ1) is 36.8. The molecule has 18 heteroatoms. The Kier molecular flexibility index (Phi) is 10.9. The molecule has 0 saturated carbocycles. The summed E-state index contributed by atoms with van der Waals surface area (Å²) in [5.74, 6) is -2.64. The van der Waals surface area contributed by atoms with Crippen molar-refractivity contribution in [1.29, 1.82) is 0 Å². The molecule has 0 bridgehead atoms. The van der Waals surface area contributed by atoms with Crippen LogP contribution >= 0.6 is 0 Å². The first-order valence-electron chi connectivity index (χ1n) is 12.3. The van der Waals surface area contributed by atoms with Crippen LogP contribution in [-0.2, 0) is 0 Å². The third kappa shape index (κ3) is 9.66. The van der Waals surface area contributed by atoms with Crippen LogP contribution in [0.25, 0.3) is 0 Å². The molecule has 4 aromatic rings. The van der Waals surface area contributed by atoms with Crippen LogP contribution in [0, 0.1) is 0 Å². The van der Waals surface area contributed by atoms with Crippen LogP contribution in [0.2, 0.25) is 0 Å². The predicted molar refractivity (Wildman–Crippen MR) is 137 cm³/mol. The molecule has 46 heavy (non-hydrogen) atoms. The maximum Gasteiger partial charge on any atom is 1.00 e. The maximum atomic E-state index is 12.8. The molecule has 0 spiro atoms. The van der Waals surface area contributed by atoms with Crippen molar-refractivity contribution in [2.75, 3.05) is 0 Å². The van der Waals surface area contributed by atoms with Gasteiger partial charge < -0.3 is 18.9 Å². The first-order valence-corrected chi connectivity index (χ1v) is 12.3. The minimum Gasteiger partial charge on any atom is -0.406 e. The van der Waals surface area contributed by atoms with Crippen LogP contribution < -0.4 is 70.4 Å². The number of benzene rings is 4. The number of alkyl halides is 12. The zero-order valence-electron chi connectivity index (χ0n) is 23.0. The van der Waals surface area contributed by atoms with Crippen LogP contribution in [-0.4, -0.2) is 31.6 Å². The van der Waals surface area contributed by atoms with E-state index < -0.39 is 54.6 Å². The molecule has 0 heterocycles. The molecule has 0 aliphatic rings. The molecule has 0 atom stereocenters. The Bertz CT molecular complexity index is 1330. The molecule has 0 unspecified atom stereocenters. The molecular weight excluding hydrogens is 662 g/mol. The van der Waals surface area contributed by atoms with Gasteiger partial charge in [-0.3, -0.25) is 0 Å². The standard InChI is InChI=1S/C28H16BF12O4.Na/c30-25(31,32)42-21-9-1-17(2-10-21)29(18-3-11-22(12-4-18)43-26(33,34)35,19-5-13-23(14-6-19)44-27(36,37)38)20-7-15-24(16-8-20)45-28(39,40)41;/h1-16H;/q-1;+1. The Morgan fingerprint density at radius 1 is 0.304 bits per heavy atom. The van der Waals surface area contributed by atoms with E-state index in [4.69, 9.17) is 0 Å². The monoisotopic (exact) mass is 678 g/mol. The summed E-state index contributed by atoms with van der Waals surface area (Å²) in [6, 6.07) is 16.7. The SMILES string of the molecule is FC(F)(F)Oc1ccc([B-](c2ccc(OC(F)(F)F)cc2)(c2ccc(OC(F)(F)F)cc2)c2ccc(OC(F)(F)F)cc2)cc1.[Na+]. The van der Waals surface area contributed by atoms with Gasteiger partial charge in [0.05, 0.1) is 0 Å². The summed E-state index contributed by atoms with van der Waals surface area (Å²) in [5.41, 5.74) is 0.567. The smallest absolute Gasteiger partial charge is 0.406 e. The fourth-order valence-electron chi connectivity index (χ4n) is 4.99. The topological polar surface area (TPSA) is 36.9 Å². The molecule has 4 nitrogen and oxygen atoms in total. The van der Waals surface area contributed by atoms with Crippen LogP contribution in [0.1, 0.15) is 0 Å². The fraction of sp³-hybridized carbons (Fsp3) is 0.143. The van der Waals surface area contributed by atoms with Crippen molar-refractivity contribution in [3.05, 3.63) is 97.1 Å². The van der Waals surface area contributed by atoms with E-state index in [1.807, 2.05) is 0 Å². The normalized spacial score (nSPS) is 12.6. The zero-order valence-corrected chi connectivity index (χ0v) is 25.0. The number of rotatable bonds is 8. The van der Waals surface area contributed by atoms with E-state index in [9.17, 15) is 52.7 Å². The predicted octanol–water partition coefficient (Wildman–Crippen LogP) is 3.66. The second-order valence-electron chi connectivity index (χ2n) is 9.33. The Balaban J connectivity index is 0.00000576. The van der Waals surface area contributed by atoms with Crippen molar-refractivity contribution in [3.63, 3.8) is 0 Å². The molecule has 4 rings (SSSR count). The second kappa shape index (κ2) is 13.6. The Labute approximate surface area is 274 Å². The van der Waals surface area contributed by atoms with E-state index in [1.165, 1.54) is 48.5 Å². The molecule has 0 aliphatic carbocycles. The van der Waals surface area contributed by atoms with E-state index in [0.717, 1.165) is 48.5 Å². The Hall–Kier alpha value is -3.70. The van der Waals surface area contributed by atoms with Crippen LogP contribution in [0.5, 0.6) is 23.0 Å². The zero-order chi connectivity index (χ0) is 33.3. The van der Waals surface area contributed by atoms with Gasteiger partial charge in [0.25, 0.3) is 0 Å². The molecule has 0 aliphatic heterocycles. The largest absolute Gasteiger partial charge is 1.00 e. The van der Waals surface area contributed by atoms with Crippen molar-refractivity contribution in [3.8, 4) is 23.0 Å². The molecule has 0 aromatic heterocycles. The molecule has 0 saturated heterocycles. The van der Waals surface area contributed by atoms with Gasteiger partial charge in [0.15, 0.2) is 0 Å². The minimum absolute atomic E-state index is 0. The fourth-order valence-corrected chi connectivity index (χ4v) is 4.99. The third-order valence-electron chi connectivity index (χ3n) is 6.45. The number of hydrogen-bond acceptors (Lipinski definition) is 4. The number of hydrogen-bond donors (Lipinski definition) is 0. The van der Waals surface area contributed by atoms with E-state index in [0.29, 0.717) is 0 Å². The van der Waals surface area contributed by atoms with Gasteiger partial charge in [0, 0.05) is 0 Å². The van der Waals surface area contributed by atoms with Crippen molar-refractivity contribution in [2.45, 2.75) is 25.4 Å². The molecular formula is C28H16BF12NaO4. The number of ether oxygens (including phenoxy) is 4. The van der Waals surface area contributed by atoms with Crippen LogP contribution in [0.4, 0.5) is 52.7 Å². The van der Waals surface area contributed by atoms with E-state index in [1.54, 1.807) is 0 Å². The van der Waals surface area contributed by atoms with Gasteiger partial charge >= 0.3 is 55.0 Å². The van der Waals surface area contributed by atoms with E-state index in [2.05, 4.69) is 18.9 Å². The summed E-state index contributed by atoms with van der Waals surface area (Å²) in [6.45, 7) is 0. The summed E-state index contributed by atoms with van der Waals surface area (Å²) in [5, 5.41) is 0. The number of halogens is 12. The Morgan fingerprint density at radius 2 is 0.457 bits per heavy atom. The Morgan fingerprint density at radius 3 is 0.587 bits per heavy atom. The summed E-state index contributed by atoms with van der Waals surface area (Å²) in [4.78, 5) is 0. The van der Waals surface area contributed by atoms with Crippen LogP contribution in [0.3, 0.4) is 0 Å². The van der Waals surface area contributed by atoms with Crippen molar-refractivity contribution >= 4 is 28.0 Å². The van der Waals surface area contributed by atoms with Gasteiger partial charge in [-0.25, -0.2) is 0 Å². The maximum absolute atomic E-state index is 12.8. The quantitative estimate of drug-likeness (QED) is 0.211. The summed E-state index contributed by atoms with van der Waals surface area (Å²) >= 11 is 0. The second-order valence-corrected chi connectivity index (χ2v) is 9.33. The molecule has 4 aromatic carbocycles. The molecule has 0 amide bonds. The van der Waals surface area contributed by atoms with Gasteiger partial charge in [0.2, 0.25) is 0 Å². The van der Waals surface area contributed by atoms with Crippen molar-refractivity contribution < 1.29 is 101 Å². The average molecular weight is 678 g/mol.